The molecule has 0 aliphatic heterocycles. The minimum atomic E-state index is -1.04. The topological polar surface area (TPSA) is 89.8 Å². The Morgan fingerprint density at radius 3 is 2.48 bits per heavy atom. The quantitative estimate of drug-likeness (QED) is 0.232. The van der Waals surface area contributed by atoms with Gasteiger partial charge in [0.15, 0.2) is 0 Å². The number of aliphatic hydroxyl groups excluding tert-OH is 1. The van der Waals surface area contributed by atoms with Crippen LogP contribution in [0, 0.1) is 17.5 Å². The first-order chi connectivity index (χ1) is 20.2. The smallest absolute Gasteiger partial charge is 0.320 e. The molecule has 0 saturated heterocycles. The molecule has 1 aromatic heterocycles. The van der Waals surface area contributed by atoms with Crippen LogP contribution in [0.15, 0.2) is 65.5 Å². The van der Waals surface area contributed by atoms with Crippen molar-refractivity contribution in [3.63, 3.8) is 0 Å². The number of carbonyl (C=O) groups excluding carboxylic acids is 1. The van der Waals surface area contributed by atoms with Crippen LogP contribution >= 0.6 is 11.6 Å². The van der Waals surface area contributed by atoms with E-state index in [0.717, 1.165) is 48.4 Å². The van der Waals surface area contributed by atoms with Crippen molar-refractivity contribution in [2.45, 2.75) is 37.9 Å². The molecular formula is C31H28ClF3N2O5. The molecule has 1 saturated carbocycles. The molecule has 1 fully saturated rings. The maximum atomic E-state index is 14.9. The number of hydrogen-bond donors (Lipinski definition) is 2. The molecule has 220 valence electrons. The number of carbonyl (C=O) groups is 1. The van der Waals surface area contributed by atoms with Crippen LogP contribution in [0.2, 0.25) is 5.02 Å². The highest BCUT2D eigenvalue weighted by atomic mass is 35.5. The van der Waals surface area contributed by atoms with E-state index in [1.165, 1.54) is 36.4 Å². The predicted octanol–water partition coefficient (Wildman–Crippen LogP) is 5.54. The Morgan fingerprint density at radius 1 is 1.02 bits per heavy atom. The Morgan fingerprint density at radius 2 is 1.76 bits per heavy atom. The highest BCUT2D eigenvalue weighted by molar-refractivity contribution is 6.33. The molecule has 42 heavy (non-hydrogen) atoms. The molecule has 2 N–H and O–H groups in total. The summed E-state index contributed by atoms with van der Waals surface area (Å²) in [4.78, 5) is 25.0. The second-order valence-electron chi connectivity index (χ2n) is 10.1. The van der Waals surface area contributed by atoms with Crippen LogP contribution < -0.4 is 15.6 Å². The van der Waals surface area contributed by atoms with Crippen LogP contribution in [0.4, 0.5) is 13.2 Å². The molecule has 1 atom stereocenters. The van der Waals surface area contributed by atoms with E-state index in [4.69, 9.17) is 21.1 Å². The molecule has 4 aromatic rings. The zero-order valence-electron chi connectivity index (χ0n) is 22.4. The molecule has 7 nitrogen and oxygen atoms in total. The number of hydrogen-bond acceptors (Lipinski definition) is 6. The monoisotopic (exact) mass is 600 g/mol. The van der Waals surface area contributed by atoms with Crippen LogP contribution in [-0.4, -0.2) is 47.5 Å². The first-order valence-electron chi connectivity index (χ1n) is 13.5. The maximum absolute atomic E-state index is 14.9. The summed E-state index contributed by atoms with van der Waals surface area (Å²) in [5, 5.41) is 13.8. The number of aliphatic hydroxyl groups is 1. The van der Waals surface area contributed by atoms with Gasteiger partial charge in [-0.05, 0) is 73.7 Å². The number of nitrogens with one attached hydrogen (secondary N) is 1. The third kappa shape index (κ3) is 6.61. The molecule has 0 amide bonds. The SMILES string of the molecule is O=C(CNCC(O)COc1cc(-c2ccc(F)cc2Cl)c2ccc(=O)n(-c3c(F)cccc3F)c2c1)OC1CCCC1. The molecule has 5 rings (SSSR count). The largest absolute Gasteiger partial charge is 0.491 e. The number of pyridine rings is 1. The highest BCUT2D eigenvalue weighted by Crippen LogP contribution is 2.37. The lowest BCUT2D eigenvalue weighted by atomic mass is 9.99. The number of ether oxygens (including phenoxy) is 2. The zero-order chi connectivity index (χ0) is 29.8. The fourth-order valence-electron chi connectivity index (χ4n) is 5.09. The summed E-state index contributed by atoms with van der Waals surface area (Å²) in [6.07, 6.45) is 2.69. The average Bonchev–Trinajstić information content (AvgIpc) is 3.45. The first kappa shape index (κ1) is 29.6. The van der Waals surface area contributed by atoms with Gasteiger partial charge in [-0.25, -0.2) is 13.2 Å². The Kier molecular flexibility index (Phi) is 9.15. The number of fused-ring (bicyclic) bond motifs is 1. The van der Waals surface area contributed by atoms with E-state index in [1.54, 1.807) is 6.07 Å². The normalized spacial score (nSPS) is 14.3. The molecule has 1 aliphatic carbocycles. The standard InChI is InChI=1S/C31H28ClF3N2O5/c32-25-12-18(33)8-9-22(25)24-13-21(41-17-19(38)15-36-16-30(40)42-20-4-1-2-5-20)14-28-23(24)10-11-29(39)37(28)31-26(34)6-3-7-27(31)35/h3,6-14,19-20,36,38H,1-2,4-5,15-17H2. The predicted molar refractivity (Wildman–Crippen MR) is 153 cm³/mol. The van der Waals surface area contributed by atoms with Crippen molar-refractivity contribution < 1.29 is 32.5 Å². The zero-order valence-corrected chi connectivity index (χ0v) is 23.2. The summed E-state index contributed by atoms with van der Waals surface area (Å²) in [6, 6.07) is 12.7. The van der Waals surface area contributed by atoms with Crippen LogP contribution in [0.5, 0.6) is 5.75 Å². The second-order valence-corrected chi connectivity index (χ2v) is 10.5. The number of nitrogens with zero attached hydrogens (tertiary/aromatic N) is 1. The Hall–Kier alpha value is -3.86. The average molecular weight is 601 g/mol. The molecule has 3 aromatic carbocycles. The molecule has 11 heteroatoms. The molecule has 0 bridgehead atoms. The van der Waals surface area contributed by atoms with Crippen molar-refractivity contribution in [3.8, 4) is 22.6 Å². The van der Waals surface area contributed by atoms with Gasteiger partial charge in [-0.3, -0.25) is 14.2 Å². The molecule has 1 aliphatic rings. The Labute approximate surface area is 244 Å². The van der Waals surface area contributed by atoms with Crippen molar-refractivity contribution in [2.24, 2.45) is 0 Å². The summed E-state index contributed by atoms with van der Waals surface area (Å²) in [5.41, 5.74) is -0.388. The molecule has 1 heterocycles. The van der Waals surface area contributed by atoms with E-state index in [1.807, 2.05) is 0 Å². The van der Waals surface area contributed by atoms with Gasteiger partial charge in [0.2, 0.25) is 0 Å². The van der Waals surface area contributed by atoms with Crippen molar-refractivity contribution >= 4 is 28.5 Å². The summed E-state index contributed by atoms with van der Waals surface area (Å²) in [5.74, 6) is -2.72. The number of rotatable bonds is 10. The number of para-hydroxylation sites is 1. The molecule has 0 spiro atoms. The van der Waals surface area contributed by atoms with Crippen molar-refractivity contribution in [2.75, 3.05) is 19.7 Å². The molecular weight excluding hydrogens is 573 g/mol. The lowest BCUT2D eigenvalue weighted by Gasteiger charge is -2.18. The Bertz CT molecular complexity index is 1650. The van der Waals surface area contributed by atoms with Gasteiger partial charge in [0.1, 0.15) is 47.7 Å². The lowest BCUT2D eigenvalue weighted by Crippen LogP contribution is -2.35. The van der Waals surface area contributed by atoms with E-state index in [2.05, 4.69) is 5.32 Å². The minimum absolute atomic E-state index is 0.0230. The van der Waals surface area contributed by atoms with E-state index in [9.17, 15) is 27.9 Å². The summed E-state index contributed by atoms with van der Waals surface area (Å²) in [7, 11) is 0. The Balaban J connectivity index is 1.44. The van der Waals surface area contributed by atoms with Gasteiger partial charge in [-0.15, -0.1) is 0 Å². The number of esters is 1. The van der Waals surface area contributed by atoms with Crippen LogP contribution in [-0.2, 0) is 9.53 Å². The van der Waals surface area contributed by atoms with Gasteiger partial charge < -0.3 is 19.9 Å². The van der Waals surface area contributed by atoms with Gasteiger partial charge in [-0.2, -0.15) is 0 Å². The first-order valence-corrected chi connectivity index (χ1v) is 13.9. The van der Waals surface area contributed by atoms with E-state index in [0.29, 0.717) is 16.5 Å². The van der Waals surface area contributed by atoms with Gasteiger partial charge in [-0.1, -0.05) is 17.7 Å². The summed E-state index contributed by atoms with van der Waals surface area (Å²) in [6.45, 7) is -0.274. The third-order valence-corrected chi connectivity index (χ3v) is 7.37. The fourth-order valence-corrected chi connectivity index (χ4v) is 5.36. The third-order valence-electron chi connectivity index (χ3n) is 7.06. The molecule has 1 unspecified atom stereocenters. The van der Waals surface area contributed by atoms with Crippen molar-refractivity contribution in [1.29, 1.82) is 0 Å². The van der Waals surface area contributed by atoms with Crippen molar-refractivity contribution in [3.05, 3.63) is 93.5 Å². The van der Waals surface area contributed by atoms with Gasteiger partial charge in [0.25, 0.3) is 5.56 Å². The highest BCUT2D eigenvalue weighted by Gasteiger charge is 2.21. The second kappa shape index (κ2) is 13.0. The van der Waals surface area contributed by atoms with Gasteiger partial charge in [0.05, 0.1) is 17.1 Å². The van der Waals surface area contributed by atoms with Crippen LogP contribution in [0.25, 0.3) is 27.7 Å². The van der Waals surface area contributed by atoms with Crippen LogP contribution in [0.3, 0.4) is 0 Å². The summed E-state index contributed by atoms with van der Waals surface area (Å²) < 4.78 is 55.7. The van der Waals surface area contributed by atoms with E-state index >= 15 is 0 Å². The van der Waals surface area contributed by atoms with Crippen molar-refractivity contribution in [1.82, 2.24) is 9.88 Å². The minimum Gasteiger partial charge on any atom is -0.491 e. The number of benzene rings is 3. The van der Waals surface area contributed by atoms with E-state index < -0.39 is 40.8 Å². The maximum Gasteiger partial charge on any atom is 0.320 e. The van der Waals surface area contributed by atoms with Crippen LogP contribution in [0.1, 0.15) is 25.7 Å². The van der Waals surface area contributed by atoms with Gasteiger partial charge in [0, 0.05) is 29.6 Å². The lowest BCUT2D eigenvalue weighted by molar-refractivity contribution is -0.147. The molecule has 0 radical (unpaired) electrons. The summed E-state index contributed by atoms with van der Waals surface area (Å²) >= 11 is 6.36. The number of halogens is 4. The van der Waals surface area contributed by atoms with E-state index in [-0.39, 0.29) is 42.1 Å². The fraction of sp³-hybridized carbons (Fsp3) is 0.290. The number of aromatic nitrogens is 1. The van der Waals surface area contributed by atoms with Gasteiger partial charge >= 0.3 is 5.97 Å².